The number of sulfone groups is 1. The van der Waals surface area contributed by atoms with Gasteiger partial charge in [-0.05, 0) is 25.8 Å². The Morgan fingerprint density at radius 3 is 2.43 bits per heavy atom. The summed E-state index contributed by atoms with van der Waals surface area (Å²) in [7, 11) is -2.83. The van der Waals surface area contributed by atoms with Crippen molar-refractivity contribution in [3.05, 3.63) is 12.2 Å². The number of amides is 1. The van der Waals surface area contributed by atoms with Crippen LogP contribution in [0.25, 0.3) is 0 Å². The quantitative estimate of drug-likeness (QED) is 0.675. The molecule has 0 bridgehead atoms. The van der Waals surface area contributed by atoms with Gasteiger partial charge in [-0.15, -0.1) is 0 Å². The minimum absolute atomic E-state index is 0.0159. The van der Waals surface area contributed by atoms with Gasteiger partial charge in [0.15, 0.2) is 0 Å². The van der Waals surface area contributed by atoms with Crippen LogP contribution in [0.1, 0.15) is 19.8 Å². The van der Waals surface area contributed by atoms with E-state index in [1.165, 1.54) is 6.08 Å². The van der Waals surface area contributed by atoms with Crippen LogP contribution in [0, 0.1) is 0 Å². The summed E-state index contributed by atoms with van der Waals surface area (Å²) < 4.78 is 22.2. The first kappa shape index (κ1) is 11.2. The smallest absolute Gasteiger partial charge is 0.243 e. The third-order valence-corrected chi connectivity index (χ3v) is 3.93. The second-order valence-electron chi connectivity index (χ2n) is 3.43. The number of hydrogen-bond acceptors (Lipinski definition) is 3. The third-order valence-electron chi connectivity index (χ3n) is 2.22. The molecule has 1 aliphatic heterocycles. The lowest BCUT2D eigenvalue weighted by atomic mass is 10.1. The zero-order valence-electron chi connectivity index (χ0n) is 8.19. The molecule has 5 heteroatoms. The number of carbonyl (C=O) groups is 1. The summed E-state index contributed by atoms with van der Waals surface area (Å²) in [4.78, 5) is 11.1. The highest BCUT2D eigenvalue weighted by Crippen LogP contribution is 2.11. The van der Waals surface area contributed by atoms with Gasteiger partial charge in [-0.25, -0.2) is 8.42 Å². The molecule has 0 saturated carbocycles. The van der Waals surface area contributed by atoms with Crippen molar-refractivity contribution < 1.29 is 13.2 Å². The minimum atomic E-state index is -2.83. The van der Waals surface area contributed by atoms with Crippen LogP contribution in [0.3, 0.4) is 0 Å². The largest absolute Gasteiger partial charge is 0.350 e. The van der Waals surface area contributed by atoms with Gasteiger partial charge in [0.2, 0.25) is 5.91 Å². The van der Waals surface area contributed by atoms with Crippen molar-refractivity contribution in [3.63, 3.8) is 0 Å². The van der Waals surface area contributed by atoms with Crippen LogP contribution in [0.15, 0.2) is 12.2 Å². The van der Waals surface area contributed by atoms with Gasteiger partial charge in [-0.1, -0.05) is 6.08 Å². The van der Waals surface area contributed by atoms with Crippen molar-refractivity contribution in [3.8, 4) is 0 Å². The van der Waals surface area contributed by atoms with Crippen LogP contribution in [0.5, 0.6) is 0 Å². The van der Waals surface area contributed by atoms with E-state index in [0.717, 1.165) is 0 Å². The molecule has 1 rings (SSSR count). The lowest BCUT2D eigenvalue weighted by Crippen LogP contribution is -2.40. The minimum Gasteiger partial charge on any atom is -0.350 e. The van der Waals surface area contributed by atoms with E-state index in [0.29, 0.717) is 12.8 Å². The standard InChI is InChI=1S/C9H15NO3S/c1-2-3-9(11)10-8-4-6-14(12,13)7-5-8/h2-3,8H,4-7H2,1H3,(H,10,11)/b3-2+. The molecule has 80 valence electrons. The molecule has 1 amide bonds. The van der Waals surface area contributed by atoms with E-state index in [1.54, 1.807) is 13.0 Å². The normalized spacial score (nSPS) is 22.4. The lowest BCUT2D eigenvalue weighted by Gasteiger charge is -2.22. The Balaban J connectivity index is 2.40. The zero-order chi connectivity index (χ0) is 10.6. The highest BCUT2D eigenvalue weighted by Gasteiger charge is 2.23. The highest BCUT2D eigenvalue weighted by molar-refractivity contribution is 7.91. The molecule has 1 N–H and O–H groups in total. The predicted molar refractivity (Wildman–Crippen MR) is 54.6 cm³/mol. The fraction of sp³-hybridized carbons (Fsp3) is 0.667. The van der Waals surface area contributed by atoms with Crippen LogP contribution in [0.2, 0.25) is 0 Å². The predicted octanol–water partition coefficient (Wildman–Crippen LogP) is 0.256. The van der Waals surface area contributed by atoms with Gasteiger partial charge >= 0.3 is 0 Å². The lowest BCUT2D eigenvalue weighted by molar-refractivity contribution is -0.117. The summed E-state index contributed by atoms with van der Waals surface area (Å²) in [6.07, 6.45) is 4.18. The van der Waals surface area contributed by atoms with Gasteiger partial charge in [0.05, 0.1) is 11.5 Å². The Bertz CT molecular complexity index is 318. The maximum Gasteiger partial charge on any atom is 0.243 e. The molecule has 1 fully saturated rings. The highest BCUT2D eigenvalue weighted by atomic mass is 32.2. The molecule has 1 saturated heterocycles. The summed E-state index contributed by atoms with van der Waals surface area (Å²) in [6, 6.07) is 0.0159. The maximum absolute atomic E-state index is 11.1. The zero-order valence-corrected chi connectivity index (χ0v) is 9.01. The summed E-state index contributed by atoms with van der Waals surface area (Å²) in [5.41, 5.74) is 0. The van der Waals surface area contributed by atoms with E-state index in [1.807, 2.05) is 0 Å². The van der Waals surface area contributed by atoms with Crippen molar-refractivity contribution >= 4 is 15.7 Å². The monoisotopic (exact) mass is 217 g/mol. The number of rotatable bonds is 2. The molecule has 14 heavy (non-hydrogen) atoms. The Morgan fingerprint density at radius 1 is 1.36 bits per heavy atom. The number of carbonyl (C=O) groups excluding carboxylic acids is 1. The fourth-order valence-corrected chi connectivity index (χ4v) is 2.93. The third kappa shape index (κ3) is 3.49. The van der Waals surface area contributed by atoms with E-state index in [2.05, 4.69) is 5.32 Å². The second kappa shape index (κ2) is 4.59. The molecule has 0 aromatic heterocycles. The van der Waals surface area contributed by atoms with Crippen LogP contribution in [0.4, 0.5) is 0 Å². The number of hydrogen-bond donors (Lipinski definition) is 1. The molecule has 0 aromatic rings. The average Bonchev–Trinajstić information content (AvgIpc) is 2.09. The van der Waals surface area contributed by atoms with Crippen molar-refractivity contribution in [2.75, 3.05) is 11.5 Å². The first-order valence-electron chi connectivity index (χ1n) is 4.67. The molecule has 0 aliphatic carbocycles. The van der Waals surface area contributed by atoms with E-state index >= 15 is 0 Å². The summed E-state index contributed by atoms with van der Waals surface area (Å²) in [5.74, 6) is 0.235. The molecule has 1 heterocycles. The summed E-state index contributed by atoms with van der Waals surface area (Å²) in [6.45, 7) is 1.77. The van der Waals surface area contributed by atoms with Gasteiger partial charge in [0.25, 0.3) is 0 Å². The summed E-state index contributed by atoms with van der Waals surface area (Å²) >= 11 is 0. The topological polar surface area (TPSA) is 63.2 Å². The van der Waals surface area contributed by atoms with Gasteiger partial charge in [0, 0.05) is 6.04 Å². The van der Waals surface area contributed by atoms with Crippen LogP contribution in [-0.4, -0.2) is 31.9 Å². The molecule has 0 aromatic carbocycles. The van der Waals surface area contributed by atoms with Crippen molar-refractivity contribution in [2.24, 2.45) is 0 Å². The molecule has 0 radical (unpaired) electrons. The Kier molecular flexibility index (Phi) is 3.69. The van der Waals surface area contributed by atoms with Crippen molar-refractivity contribution in [2.45, 2.75) is 25.8 Å². The number of allylic oxidation sites excluding steroid dienone is 1. The Morgan fingerprint density at radius 2 is 1.93 bits per heavy atom. The van der Waals surface area contributed by atoms with Gasteiger partial charge < -0.3 is 5.32 Å². The SMILES string of the molecule is C/C=C/C(=O)NC1CCS(=O)(=O)CC1. The van der Waals surface area contributed by atoms with E-state index in [9.17, 15) is 13.2 Å². The molecular formula is C9H15NO3S. The molecule has 0 atom stereocenters. The van der Waals surface area contributed by atoms with Crippen LogP contribution in [-0.2, 0) is 14.6 Å². The van der Waals surface area contributed by atoms with Gasteiger partial charge in [-0.3, -0.25) is 4.79 Å². The number of nitrogens with one attached hydrogen (secondary N) is 1. The fourth-order valence-electron chi connectivity index (χ4n) is 1.44. The molecule has 0 unspecified atom stereocenters. The maximum atomic E-state index is 11.1. The molecule has 0 spiro atoms. The van der Waals surface area contributed by atoms with Crippen molar-refractivity contribution in [1.29, 1.82) is 0 Å². The average molecular weight is 217 g/mol. The van der Waals surface area contributed by atoms with E-state index in [4.69, 9.17) is 0 Å². The van der Waals surface area contributed by atoms with Crippen LogP contribution >= 0.6 is 0 Å². The van der Waals surface area contributed by atoms with E-state index in [-0.39, 0.29) is 23.5 Å². The van der Waals surface area contributed by atoms with Crippen LogP contribution < -0.4 is 5.32 Å². The summed E-state index contributed by atoms with van der Waals surface area (Å²) in [5, 5.41) is 2.77. The van der Waals surface area contributed by atoms with Gasteiger partial charge in [-0.2, -0.15) is 0 Å². The molecular weight excluding hydrogens is 202 g/mol. The van der Waals surface area contributed by atoms with Gasteiger partial charge in [0.1, 0.15) is 9.84 Å². The first-order valence-corrected chi connectivity index (χ1v) is 6.49. The molecule has 1 aliphatic rings. The van der Waals surface area contributed by atoms with E-state index < -0.39 is 9.84 Å². The second-order valence-corrected chi connectivity index (χ2v) is 5.74. The first-order chi connectivity index (χ1) is 6.53. The molecule has 4 nitrogen and oxygen atoms in total. The van der Waals surface area contributed by atoms with Crippen molar-refractivity contribution in [1.82, 2.24) is 5.32 Å². The Labute approximate surface area is 84.3 Å². The Hall–Kier alpha value is -0.840.